The van der Waals surface area contributed by atoms with Crippen LogP contribution in [0, 0.1) is 11.7 Å². The molecule has 5 rings (SSSR count). The highest BCUT2D eigenvalue weighted by Crippen LogP contribution is 2.25. The van der Waals surface area contributed by atoms with Gasteiger partial charge < -0.3 is 14.9 Å². The molecule has 2 aromatic rings. The molecule has 30 heavy (non-hydrogen) atoms. The number of benzene rings is 2. The average Bonchev–Trinajstić information content (AvgIpc) is 2.69. The van der Waals surface area contributed by atoms with Crippen molar-refractivity contribution in [3.8, 4) is 0 Å². The summed E-state index contributed by atoms with van der Waals surface area (Å²) in [6.07, 6.45) is 0.859. The van der Waals surface area contributed by atoms with Crippen LogP contribution in [0.1, 0.15) is 39.7 Å². The number of aliphatic hydroxyl groups excluding tert-OH is 1. The zero-order chi connectivity index (χ0) is 20.7. The van der Waals surface area contributed by atoms with Gasteiger partial charge in [0.15, 0.2) is 6.23 Å². The fraction of sp³-hybridized carbons (Fsp3) is 0.391. The van der Waals surface area contributed by atoms with Crippen molar-refractivity contribution in [2.24, 2.45) is 11.0 Å². The summed E-state index contributed by atoms with van der Waals surface area (Å²) in [5, 5.41) is 14.3. The number of halogens is 1. The van der Waals surface area contributed by atoms with Crippen molar-refractivity contribution in [3.63, 3.8) is 0 Å². The summed E-state index contributed by atoms with van der Waals surface area (Å²) in [4.78, 5) is 17.0. The summed E-state index contributed by atoms with van der Waals surface area (Å²) in [5.74, 6) is -0.241. The van der Waals surface area contributed by atoms with Crippen LogP contribution in [0.15, 0.2) is 47.6 Å². The number of fused-ring (bicyclic) bond motifs is 1. The van der Waals surface area contributed by atoms with E-state index in [4.69, 9.17) is 0 Å². The summed E-state index contributed by atoms with van der Waals surface area (Å²) in [5.41, 5.74) is 6.01. The van der Waals surface area contributed by atoms with Crippen LogP contribution in [-0.2, 0) is 6.42 Å². The predicted octanol–water partition coefficient (Wildman–Crippen LogP) is 2.14. The van der Waals surface area contributed by atoms with Crippen molar-refractivity contribution in [2.75, 3.05) is 32.7 Å². The van der Waals surface area contributed by atoms with Gasteiger partial charge in [-0.25, -0.2) is 4.39 Å². The van der Waals surface area contributed by atoms with Gasteiger partial charge in [0.05, 0.1) is 11.3 Å². The zero-order valence-electron chi connectivity index (χ0n) is 16.7. The molecule has 2 fully saturated rings. The third-order valence-corrected chi connectivity index (χ3v) is 6.23. The lowest BCUT2D eigenvalue weighted by atomic mass is 9.94. The second-order valence-electron chi connectivity index (χ2n) is 8.40. The largest absolute Gasteiger partial charge is 0.368 e. The molecular formula is C23H25FN4O2. The molecule has 6 nitrogen and oxygen atoms in total. The van der Waals surface area contributed by atoms with Crippen LogP contribution < -0.4 is 5.43 Å². The number of carbonyl (C=O) groups excluding carboxylic acids is 1. The molecule has 0 saturated carbocycles. The topological polar surface area (TPSA) is 68.2 Å². The fourth-order valence-corrected chi connectivity index (χ4v) is 4.39. The van der Waals surface area contributed by atoms with E-state index < -0.39 is 12.0 Å². The maximum absolute atomic E-state index is 14.4. The van der Waals surface area contributed by atoms with E-state index in [1.54, 1.807) is 17.0 Å². The third kappa shape index (κ3) is 3.59. The van der Waals surface area contributed by atoms with Crippen LogP contribution in [0.2, 0.25) is 0 Å². The highest BCUT2D eigenvalue weighted by atomic mass is 19.1. The van der Waals surface area contributed by atoms with Crippen molar-refractivity contribution in [1.29, 1.82) is 0 Å². The number of nitrogens with one attached hydrogen (secondary N) is 1. The van der Waals surface area contributed by atoms with Crippen LogP contribution in [-0.4, -0.2) is 59.2 Å². The van der Waals surface area contributed by atoms with Crippen LogP contribution in [0.3, 0.4) is 0 Å². The second kappa shape index (κ2) is 7.81. The number of hydrazone groups is 1. The standard InChI is InChI=1S/C23H25FN4O2/c24-20-7-6-15(11-21-17-4-1-2-5-18(17)22(29)26-25-21)10-19(20)23(30)28-13-16(14-28)12-27-8-3-9-27/h1-2,4-7,10,16,22,26,29H,3,8-9,11-14H2. The Labute approximate surface area is 175 Å². The maximum Gasteiger partial charge on any atom is 0.256 e. The molecule has 0 spiro atoms. The number of nitrogens with zero attached hydrogens (tertiary/aromatic N) is 3. The van der Waals surface area contributed by atoms with Crippen molar-refractivity contribution >= 4 is 11.6 Å². The van der Waals surface area contributed by atoms with Gasteiger partial charge in [-0.05, 0) is 37.2 Å². The predicted molar refractivity (Wildman–Crippen MR) is 112 cm³/mol. The van der Waals surface area contributed by atoms with E-state index in [9.17, 15) is 14.3 Å². The molecule has 0 aromatic heterocycles. The lowest BCUT2D eigenvalue weighted by molar-refractivity contribution is 0.0336. The van der Waals surface area contributed by atoms with Crippen LogP contribution in [0.5, 0.6) is 0 Å². The SMILES string of the molecule is O=C(c1cc(CC2=NNC(O)c3ccccc32)ccc1F)N1CC(CN2CCC2)C1. The van der Waals surface area contributed by atoms with Crippen LogP contribution in [0.25, 0.3) is 0 Å². The minimum absolute atomic E-state index is 0.118. The van der Waals surface area contributed by atoms with Gasteiger partial charge in [-0.3, -0.25) is 10.2 Å². The summed E-state index contributed by atoms with van der Waals surface area (Å²) in [7, 11) is 0. The molecule has 1 amide bonds. The van der Waals surface area contributed by atoms with Crippen LogP contribution >= 0.6 is 0 Å². The molecule has 156 valence electrons. The first-order valence-corrected chi connectivity index (χ1v) is 10.5. The fourth-order valence-electron chi connectivity index (χ4n) is 4.39. The first kappa shape index (κ1) is 19.2. The normalized spacial score (nSPS) is 21.2. The molecular weight excluding hydrogens is 383 g/mol. The van der Waals surface area contributed by atoms with Gasteiger partial charge in [0, 0.05) is 43.1 Å². The van der Waals surface area contributed by atoms with E-state index in [0.717, 1.165) is 42.0 Å². The number of aliphatic hydroxyl groups is 1. The van der Waals surface area contributed by atoms with E-state index in [-0.39, 0.29) is 11.5 Å². The monoisotopic (exact) mass is 408 g/mol. The first-order chi connectivity index (χ1) is 14.6. The Morgan fingerprint density at radius 1 is 1.20 bits per heavy atom. The minimum atomic E-state index is -0.842. The van der Waals surface area contributed by atoms with Crippen molar-refractivity contribution < 1.29 is 14.3 Å². The molecule has 3 aliphatic rings. The van der Waals surface area contributed by atoms with Gasteiger partial charge >= 0.3 is 0 Å². The van der Waals surface area contributed by atoms with E-state index in [1.807, 2.05) is 24.3 Å². The van der Waals surface area contributed by atoms with Gasteiger partial charge in [-0.15, -0.1) is 0 Å². The van der Waals surface area contributed by atoms with Gasteiger partial charge in [0.25, 0.3) is 5.91 Å². The molecule has 0 bridgehead atoms. The number of amides is 1. The number of carbonyl (C=O) groups is 1. The Morgan fingerprint density at radius 3 is 2.77 bits per heavy atom. The molecule has 2 N–H and O–H groups in total. The zero-order valence-corrected chi connectivity index (χ0v) is 16.7. The summed E-state index contributed by atoms with van der Waals surface area (Å²) < 4.78 is 14.4. The Morgan fingerprint density at radius 2 is 2.00 bits per heavy atom. The Hall–Kier alpha value is -2.77. The highest BCUT2D eigenvalue weighted by Gasteiger charge is 2.34. The molecule has 3 aliphatic heterocycles. The van der Waals surface area contributed by atoms with Crippen molar-refractivity contribution in [2.45, 2.75) is 19.1 Å². The van der Waals surface area contributed by atoms with E-state index >= 15 is 0 Å². The van der Waals surface area contributed by atoms with Crippen molar-refractivity contribution in [3.05, 3.63) is 70.5 Å². The number of hydrogen-bond acceptors (Lipinski definition) is 5. The molecule has 3 heterocycles. The first-order valence-electron chi connectivity index (χ1n) is 10.5. The summed E-state index contributed by atoms with van der Waals surface area (Å²) in [6, 6.07) is 12.2. The van der Waals surface area contributed by atoms with Gasteiger partial charge in [0.2, 0.25) is 0 Å². The lowest BCUT2D eigenvalue weighted by Gasteiger charge is -2.43. The van der Waals surface area contributed by atoms with Crippen LogP contribution in [0.4, 0.5) is 4.39 Å². The summed E-state index contributed by atoms with van der Waals surface area (Å²) in [6.45, 7) is 4.73. The molecule has 0 radical (unpaired) electrons. The quantitative estimate of drug-likeness (QED) is 0.796. The molecule has 1 unspecified atom stereocenters. The number of rotatable bonds is 5. The van der Waals surface area contributed by atoms with E-state index in [0.29, 0.717) is 25.4 Å². The Kier molecular flexibility index (Phi) is 5.00. The average molecular weight is 408 g/mol. The second-order valence-corrected chi connectivity index (χ2v) is 8.40. The molecule has 2 aromatic carbocycles. The lowest BCUT2D eigenvalue weighted by Crippen LogP contribution is -2.55. The van der Waals surface area contributed by atoms with Crippen molar-refractivity contribution in [1.82, 2.24) is 15.2 Å². The Balaban J connectivity index is 1.29. The Bertz CT molecular complexity index is 998. The van der Waals surface area contributed by atoms with E-state index in [2.05, 4.69) is 15.4 Å². The summed E-state index contributed by atoms with van der Waals surface area (Å²) >= 11 is 0. The third-order valence-electron chi connectivity index (χ3n) is 6.23. The highest BCUT2D eigenvalue weighted by molar-refractivity contribution is 6.04. The number of likely N-dealkylation sites (tertiary alicyclic amines) is 2. The molecule has 0 aliphatic carbocycles. The van der Waals surface area contributed by atoms with Gasteiger partial charge in [0.1, 0.15) is 5.82 Å². The molecule has 7 heteroatoms. The smallest absolute Gasteiger partial charge is 0.256 e. The maximum atomic E-state index is 14.4. The minimum Gasteiger partial charge on any atom is -0.368 e. The molecule has 2 saturated heterocycles. The van der Waals surface area contributed by atoms with Gasteiger partial charge in [-0.1, -0.05) is 30.3 Å². The number of hydrogen-bond donors (Lipinski definition) is 2. The molecule has 1 atom stereocenters. The van der Waals surface area contributed by atoms with Gasteiger partial charge in [-0.2, -0.15) is 5.10 Å². The van der Waals surface area contributed by atoms with E-state index in [1.165, 1.54) is 12.5 Å².